The van der Waals surface area contributed by atoms with Gasteiger partial charge in [0.2, 0.25) is 0 Å². The maximum atomic E-state index is 13.3. The number of likely N-dealkylation sites (tertiary alicyclic amines) is 1. The Morgan fingerprint density at radius 3 is 2.12 bits per heavy atom. The first-order valence-electron chi connectivity index (χ1n) is 10.3. The van der Waals surface area contributed by atoms with Crippen LogP contribution >= 0.6 is 35.0 Å². The third-order valence-electron chi connectivity index (χ3n) is 6.02. The van der Waals surface area contributed by atoms with E-state index in [9.17, 15) is 9.59 Å². The topological polar surface area (TPSA) is 59.1 Å². The molecule has 0 radical (unpaired) electrons. The molecule has 0 atom stereocenters. The molecule has 0 saturated carbocycles. The van der Waals surface area contributed by atoms with Crippen molar-refractivity contribution in [2.75, 3.05) is 39.6 Å². The van der Waals surface area contributed by atoms with Gasteiger partial charge in [-0.2, -0.15) is 0 Å². The van der Waals surface area contributed by atoms with Gasteiger partial charge in [0.25, 0.3) is 11.8 Å². The minimum atomic E-state index is -0.313. The van der Waals surface area contributed by atoms with E-state index in [1.807, 2.05) is 9.80 Å². The Bertz CT molecular complexity index is 1020. The quantitative estimate of drug-likeness (QED) is 0.608. The Labute approximate surface area is 201 Å². The number of hydrogen-bond acceptors (Lipinski definition) is 5. The van der Waals surface area contributed by atoms with Crippen molar-refractivity contribution in [3.05, 3.63) is 57.6 Å². The molecule has 2 saturated heterocycles. The fourth-order valence-corrected chi connectivity index (χ4v) is 6.02. The molecule has 32 heavy (non-hydrogen) atoms. The van der Waals surface area contributed by atoms with E-state index in [0.29, 0.717) is 65.1 Å². The average Bonchev–Trinajstić information content (AvgIpc) is 3.22. The summed E-state index contributed by atoms with van der Waals surface area (Å²) in [7, 11) is 3.12. The molecule has 2 amide bonds. The summed E-state index contributed by atoms with van der Waals surface area (Å²) in [5.41, 5.74) is 1.06. The number of methoxy groups -OCH3 is 2. The number of rotatable bonds is 4. The van der Waals surface area contributed by atoms with Gasteiger partial charge in [-0.25, -0.2) is 0 Å². The zero-order valence-electron chi connectivity index (χ0n) is 17.9. The van der Waals surface area contributed by atoms with Crippen LogP contribution in [0.2, 0.25) is 10.0 Å². The molecule has 0 aliphatic carbocycles. The number of hydrogen-bond donors (Lipinski definition) is 0. The first-order valence-corrected chi connectivity index (χ1v) is 12.0. The van der Waals surface area contributed by atoms with E-state index in [-0.39, 0.29) is 16.7 Å². The van der Waals surface area contributed by atoms with E-state index in [1.54, 1.807) is 62.4 Å². The molecule has 2 aromatic rings. The molecule has 1 spiro atoms. The van der Waals surface area contributed by atoms with Crippen LogP contribution in [0.4, 0.5) is 0 Å². The molecule has 9 heteroatoms. The van der Waals surface area contributed by atoms with Crippen molar-refractivity contribution in [3.63, 3.8) is 0 Å². The normalized spacial score (nSPS) is 17.5. The Morgan fingerprint density at radius 2 is 1.53 bits per heavy atom. The van der Waals surface area contributed by atoms with Gasteiger partial charge < -0.3 is 19.3 Å². The van der Waals surface area contributed by atoms with E-state index in [1.165, 1.54) is 0 Å². The van der Waals surface area contributed by atoms with Gasteiger partial charge in [0.15, 0.2) is 0 Å². The van der Waals surface area contributed by atoms with E-state index >= 15 is 0 Å². The molecule has 0 unspecified atom stereocenters. The summed E-state index contributed by atoms with van der Waals surface area (Å²) in [6.07, 6.45) is 1.41. The zero-order valence-corrected chi connectivity index (χ0v) is 20.2. The van der Waals surface area contributed by atoms with Crippen molar-refractivity contribution >= 4 is 46.8 Å². The number of amides is 2. The van der Waals surface area contributed by atoms with Crippen molar-refractivity contribution in [1.29, 1.82) is 0 Å². The Morgan fingerprint density at radius 1 is 0.875 bits per heavy atom. The van der Waals surface area contributed by atoms with Crippen molar-refractivity contribution < 1.29 is 19.1 Å². The van der Waals surface area contributed by atoms with Gasteiger partial charge in [-0.1, -0.05) is 23.2 Å². The summed E-state index contributed by atoms with van der Waals surface area (Å²) in [5.74, 6) is 1.90. The monoisotopic (exact) mass is 494 g/mol. The predicted octanol–water partition coefficient (Wildman–Crippen LogP) is 4.83. The third-order valence-corrected chi connectivity index (χ3v) is 8.31. The second-order valence-corrected chi connectivity index (χ2v) is 10.0. The van der Waals surface area contributed by atoms with Crippen LogP contribution in [0.3, 0.4) is 0 Å². The molecule has 0 bridgehead atoms. The van der Waals surface area contributed by atoms with Crippen LogP contribution < -0.4 is 9.47 Å². The smallest absolute Gasteiger partial charge is 0.255 e. The molecular formula is C23H24Cl2N2O4S. The van der Waals surface area contributed by atoms with Gasteiger partial charge in [-0.15, -0.1) is 11.8 Å². The summed E-state index contributed by atoms with van der Waals surface area (Å²) < 4.78 is 10.6. The van der Waals surface area contributed by atoms with Gasteiger partial charge in [0.1, 0.15) is 11.5 Å². The first kappa shape index (κ1) is 23.1. The number of carbonyl (C=O) groups excluding carboxylic acids is 2. The van der Waals surface area contributed by atoms with Gasteiger partial charge >= 0.3 is 0 Å². The number of ether oxygens (including phenoxy) is 2. The number of halogens is 2. The molecule has 2 heterocycles. The number of nitrogens with zero attached hydrogens (tertiary/aromatic N) is 2. The summed E-state index contributed by atoms with van der Waals surface area (Å²) in [6.45, 7) is 1.80. The molecule has 0 N–H and O–H groups in total. The molecule has 4 rings (SSSR count). The lowest BCUT2D eigenvalue weighted by atomic mass is 10.00. The highest BCUT2D eigenvalue weighted by Crippen LogP contribution is 2.45. The number of piperidine rings is 1. The lowest BCUT2D eigenvalue weighted by Crippen LogP contribution is -2.53. The largest absolute Gasteiger partial charge is 0.497 e. The van der Waals surface area contributed by atoms with Crippen molar-refractivity contribution in [1.82, 2.24) is 9.80 Å². The van der Waals surface area contributed by atoms with E-state index in [4.69, 9.17) is 32.7 Å². The van der Waals surface area contributed by atoms with Crippen LogP contribution in [0, 0.1) is 0 Å². The Hall–Kier alpha value is -2.09. The highest BCUT2D eigenvalue weighted by molar-refractivity contribution is 8.00. The Kier molecular flexibility index (Phi) is 6.79. The predicted molar refractivity (Wildman–Crippen MR) is 127 cm³/mol. The number of carbonyl (C=O) groups is 2. The molecule has 2 aliphatic rings. The van der Waals surface area contributed by atoms with Gasteiger partial charge in [-0.3, -0.25) is 9.59 Å². The second-order valence-electron chi connectivity index (χ2n) is 7.77. The van der Waals surface area contributed by atoms with E-state index in [0.717, 1.165) is 5.75 Å². The lowest BCUT2D eigenvalue weighted by molar-refractivity contribution is 0.0497. The van der Waals surface area contributed by atoms with E-state index in [2.05, 4.69) is 0 Å². The molecular weight excluding hydrogens is 471 g/mol. The highest BCUT2D eigenvalue weighted by atomic mass is 35.5. The maximum Gasteiger partial charge on any atom is 0.255 e. The fourth-order valence-electron chi connectivity index (χ4n) is 4.27. The van der Waals surface area contributed by atoms with Crippen LogP contribution in [0.5, 0.6) is 11.5 Å². The summed E-state index contributed by atoms with van der Waals surface area (Å²) in [5, 5.41) is 0.794. The van der Waals surface area contributed by atoms with E-state index < -0.39 is 0 Å². The van der Waals surface area contributed by atoms with Crippen molar-refractivity contribution in [2.24, 2.45) is 0 Å². The van der Waals surface area contributed by atoms with Gasteiger partial charge in [-0.05, 0) is 43.2 Å². The lowest BCUT2D eigenvalue weighted by Gasteiger charge is -2.44. The highest BCUT2D eigenvalue weighted by Gasteiger charge is 2.47. The van der Waals surface area contributed by atoms with Gasteiger partial charge in [0, 0.05) is 42.6 Å². The Balaban J connectivity index is 1.48. The number of thioether (sulfide) groups is 1. The third kappa shape index (κ3) is 4.38. The minimum Gasteiger partial charge on any atom is -0.497 e. The molecule has 6 nitrogen and oxygen atoms in total. The average molecular weight is 495 g/mol. The van der Waals surface area contributed by atoms with Crippen LogP contribution in [0.1, 0.15) is 33.6 Å². The second kappa shape index (κ2) is 9.41. The summed E-state index contributed by atoms with van der Waals surface area (Å²) in [6, 6.07) is 10.2. The van der Waals surface area contributed by atoms with Crippen LogP contribution in [-0.4, -0.2) is 66.1 Å². The van der Waals surface area contributed by atoms with Crippen LogP contribution in [0.25, 0.3) is 0 Å². The van der Waals surface area contributed by atoms with Crippen molar-refractivity contribution in [2.45, 2.75) is 17.7 Å². The van der Waals surface area contributed by atoms with Crippen molar-refractivity contribution in [3.8, 4) is 11.5 Å². The number of benzene rings is 2. The summed E-state index contributed by atoms with van der Waals surface area (Å²) >= 11 is 13.9. The molecule has 2 fully saturated rings. The van der Waals surface area contributed by atoms with Gasteiger partial charge in [0.05, 0.1) is 29.1 Å². The molecule has 0 aromatic heterocycles. The fraction of sp³-hybridized carbons (Fsp3) is 0.391. The minimum absolute atomic E-state index is 0.0501. The maximum absolute atomic E-state index is 13.3. The van der Waals surface area contributed by atoms with Crippen LogP contribution in [-0.2, 0) is 0 Å². The zero-order chi connectivity index (χ0) is 22.9. The first-order chi connectivity index (χ1) is 15.4. The molecule has 2 aromatic carbocycles. The SMILES string of the molecule is COc1cc(OC)cc(C(=O)N2CCC3(CC2)SCCN3C(=O)c2ccc(Cl)c(Cl)c2)c1. The molecule has 2 aliphatic heterocycles. The molecule has 170 valence electrons. The standard InChI is InChI=1S/C23H24Cl2N2O4S/c1-30-17-11-16(12-18(14-17)31-2)21(28)26-7-5-23(6-8-26)27(9-10-32-23)22(29)15-3-4-19(24)20(25)13-15/h3-4,11-14H,5-10H2,1-2H3. The summed E-state index contributed by atoms with van der Waals surface area (Å²) in [4.78, 5) is 29.9. The van der Waals surface area contributed by atoms with Crippen LogP contribution in [0.15, 0.2) is 36.4 Å².